The molecule has 2 rings (SSSR count). The predicted molar refractivity (Wildman–Crippen MR) is 81.7 cm³/mol. The third kappa shape index (κ3) is 3.38. The molecular weight excluding hydrogens is 301 g/mol. The SMILES string of the molecule is CN(C)c1nc(NN)nc(Nc2cc(Cl)ccc2Cl)n1. The predicted octanol–water partition coefficient (Wildman–Crippen LogP) is 2.27. The van der Waals surface area contributed by atoms with Gasteiger partial charge < -0.3 is 10.2 Å². The van der Waals surface area contributed by atoms with Gasteiger partial charge in [-0.15, -0.1) is 0 Å². The van der Waals surface area contributed by atoms with Crippen LogP contribution in [-0.2, 0) is 0 Å². The van der Waals surface area contributed by atoms with Crippen molar-refractivity contribution in [1.29, 1.82) is 0 Å². The zero-order valence-corrected chi connectivity index (χ0v) is 12.4. The maximum absolute atomic E-state index is 6.08. The molecule has 0 saturated heterocycles. The van der Waals surface area contributed by atoms with Crippen LogP contribution in [-0.4, -0.2) is 29.0 Å². The van der Waals surface area contributed by atoms with Crippen LogP contribution in [0, 0.1) is 0 Å². The lowest BCUT2D eigenvalue weighted by molar-refractivity contribution is 0.957. The fourth-order valence-electron chi connectivity index (χ4n) is 1.40. The standard InChI is InChI=1S/C11H13Cl2N7/c1-20(2)11-17-9(16-10(18-11)19-14)15-8-5-6(12)3-4-7(8)13/h3-5H,14H2,1-2H3,(H2,15,16,17,18,19). The first-order chi connectivity index (χ1) is 9.49. The second-order valence-electron chi connectivity index (χ2n) is 4.07. The van der Waals surface area contributed by atoms with Gasteiger partial charge in [-0.25, -0.2) is 5.84 Å². The molecule has 0 atom stereocenters. The zero-order chi connectivity index (χ0) is 14.7. The monoisotopic (exact) mass is 313 g/mol. The molecule has 0 unspecified atom stereocenters. The van der Waals surface area contributed by atoms with E-state index in [-0.39, 0.29) is 5.95 Å². The van der Waals surface area contributed by atoms with E-state index in [4.69, 9.17) is 29.0 Å². The molecule has 0 amide bonds. The summed E-state index contributed by atoms with van der Waals surface area (Å²) in [5.74, 6) is 6.34. The van der Waals surface area contributed by atoms with Gasteiger partial charge in [-0.05, 0) is 18.2 Å². The lowest BCUT2D eigenvalue weighted by Gasteiger charge is -2.13. The van der Waals surface area contributed by atoms with Crippen molar-refractivity contribution in [2.24, 2.45) is 5.84 Å². The van der Waals surface area contributed by atoms with Crippen LogP contribution < -0.4 is 21.5 Å². The van der Waals surface area contributed by atoms with E-state index < -0.39 is 0 Å². The number of halogens is 2. The maximum Gasteiger partial charge on any atom is 0.243 e. The molecule has 1 aromatic carbocycles. The molecule has 1 heterocycles. The normalized spacial score (nSPS) is 10.2. The quantitative estimate of drug-likeness (QED) is 0.589. The lowest BCUT2D eigenvalue weighted by Crippen LogP contribution is -2.18. The number of nitrogens with zero attached hydrogens (tertiary/aromatic N) is 4. The van der Waals surface area contributed by atoms with E-state index in [1.165, 1.54) is 0 Å². The Morgan fingerprint density at radius 1 is 1.10 bits per heavy atom. The molecule has 0 aliphatic heterocycles. The maximum atomic E-state index is 6.08. The van der Waals surface area contributed by atoms with Crippen molar-refractivity contribution >= 4 is 46.7 Å². The topological polar surface area (TPSA) is 92.0 Å². The Balaban J connectivity index is 2.37. The number of nitrogens with two attached hydrogens (primary N) is 1. The van der Waals surface area contributed by atoms with Crippen LogP contribution in [0.5, 0.6) is 0 Å². The van der Waals surface area contributed by atoms with Crippen LogP contribution in [0.1, 0.15) is 0 Å². The van der Waals surface area contributed by atoms with Crippen LogP contribution >= 0.6 is 23.2 Å². The number of hydrogen-bond acceptors (Lipinski definition) is 7. The number of anilines is 4. The highest BCUT2D eigenvalue weighted by molar-refractivity contribution is 6.35. The highest BCUT2D eigenvalue weighted by atomic mass is 35.5. The highest BCUT2D eigenvalue weighted by Gasteiger charge is 2.09. The summed E-state index contributed by atoms with van der Waals surface area (Å²) in [7, 11) is 3.62. The van der Waals surface area contributed by atoms with Gasteiger partial charge in [0.25, 0.3) is 0 Å². The minimum Gasteiger partial charge on any atom is -0.347 e. The molecule has 2 aromatic rings. The fourth-order valence-corrected chi connectivity index (χ4v) is 1.74. The Hall–Kier alpha value is -1.83. The third-order valence-corrected chi connectivity index (χ3v) is 2.89. The summed E-state index contributed by atoms with van der Waals surface area (Å²) >= 11 is 12.0. The summed E-state index contributed by atoms with van der Waals surface area (Å²) in [5.41, 5.74) is 2.98. The van der Waals surface area contributed by atoms with Gasteiger partial charge in [-0.1, -0.05) is 23.2 Å². The molecule has 0 radical (unpaired) electrons. The Kier molecular flexibility index (Phi) is 4.43. The van der Waals surface area contributed by atoms with Gasteiger partial charge in [0.1, 0.15) is 0 Å². The van der Waals surface area contributed by atoms with Gasteiger partial charge in [0.2, 0.25) is 17.8 Å². The number of hydrogen-bond donors (Lipinski definition) is 3. The summed E-state index contributed by atoms with van der Waals surface area (Å²) in [4.78, 5) is 14.2. The molecule has 0 spiro atoms. The zero-order valence-electron chi connectivity index (χ0n) is 10.9. The highest BCUT2D eigenvalue weighted by Crippen LogP contribution is 2.27. The van der Waals surface area contributed by atoms with Gasteiger partial charge in [-0.3, -0.25) is 5.43 Å². The molecule has 4 N–H and O–H groups in total. The van der Waals surface area contributed by atoms with E-state index in [0.29, 0.717) is 27.6 Å². The van der Waals surface area contributed by atoms with E-state index >= 15 is 0 Å². The molecular formula is C11H13Cl2N7. The van der Waals surface area contributed by atoms with Gasteiger partial charge in [0.15, 0.2) is 0 Å². The van der Waals surface area contributed by atoms with Gasteiger partial charge in [-0.2, -0.15) is 15.0 Å². The van der Waals surface area contributed by atoms with Gasteiger partial charge in [0.05, 0.1) is 10.7 Å². The van der Waals surface area contributed by atoms with E-state index in [1.807, 2.05) is 14.1 Å². The first-order valence-corrected chi connectivity index (χ1v) is 6.37. The van der Waals surface area contributed by atoms with Crippen molar-refractivity contribution in [3.63, 3.8) is 0 Å². The molecule has 7 nitrogen and oxygen atoms in total. The molecule has 0 bridgehead atoms. The number of aromatic nitrogens is 3. The van der Waals surface area contributed by atoms with Gasteiger partial charge in [0, 0.05) is 19.1 Å². The lowest BCUT2D eigenvalue weighted by atomic mass is 10.3. The number of rotatable bonds is 4. The van der Waals surface area contributed by atoms with E-state index in [9.17, 15) is 0 Å². The van der Waals surface area contributed by atoms with Crippen molar-refractivity contribution in [2.45, 2.75) is 0 Å². The average molecular weight is 314 g/mol. The van der Waals surface area contributed by atoms with Crippen molar-refractivity contribution in [3.8, 4) is 0 Å². The average Bonchev–Trinajstić information content (AvgIpc) is 2.42. The second kappa shape index (κ2) is 6.08. The number of benzene rings is 1. The fraction of sp³-hybridized carbons (Fsp3) is 0.182. The van der Waals surface area contributed by atoms with Crippen LogP contribution in [0.2, 0.25) is 10.0 Å². The smallest absolute Gasteiger partial charge is 0.243 e. The van der Waals surface area contributed by atoms with Crippen molar-refractivity contribution in [1.82, 2.24) is 15.0 Å². The number of hydrazine groups is 1. The summed E-state index contributed by atoms with van der Waals surface area (Å²) in [6, 6.07) is 5.06. The summed E-state index contributed by atoms with van der Waals surface area (Å²) in [5, 5.41) is 4.04. The minimum absolute atomic E-state index is 0.240. The van der Waals surface area contributed by atoms with Crippen molar-refractivity contribution in [3.05, 3.63) is 28.2 Å². The van der Waals surface area contributed by atoms with Crippen molar-refractivity contribution < 1.29 is 0 Å². The molecule has 0 saturated carbocycles. The molecule has 0 fully saturated rings. The van der Waals surface area contributed by atoms with Crippen LogP contribution in [0.4, 0.5) is 23.5 Å². The molecule has 0 aliphatic carbocycles. The van der Waals surface area contributed by atoms with E-state index in [0.717, 1.165) is 0 Å². The molecule has 0 aliphatic rings. The third-order valence-electron chi connectivity index (χ3n) is 2.33. The molecule has 9 heteroatoms. The van der Waals surface area contributed by atoms with Crippen LogP contribution in [0.15, 0.2) is 18.2 Å². The van der Waals surface area contributed by atoms with E-state index in [1.54, 1.807) is 23.1 Å². The Morgan fingerprint density at radius 2 is 1.80 bits per heavy atom. The minimum atomic E-state index is 0.240. The number of nitrogens with one attached hydrogen (secondary N) is 2. The molecule has 106 valence electrons. The summed E-state index contributed by atoms with van der Waals surface area (Å²) in [6.07, 6.45) is 0. The van der Waals surface area contributed by atoms with Crippen LogP contribution in [0.25, 0.3) is 0 Å². The Bertz CT molecular complexity index is 618. The van der Waals surface area contributed by atoms with Gasteiger partial charge >= 0.3 is 0 Å². The summed E-state index contributed by atoms with van der Waals surface area (Å²) in [6.45, 7) is 0. The number of nitrogen functional groups attached to an aromatic ring is 1. The molecule has 20 heavy (non-hydrogen) atoms. The first-order valence-electron chi connectivity index (χ1n) is 5.61. The Labute approximate surface area is 126 Å². The Morgan fingerprint density at radius 3 is 2.45 bits per heavy atom. The summed E-state index contributed by atoms with van der Waals surface area (Å²) < 4.78 is 0. The largest absolute Gasteiger partial charge is 0.347 e. The first kappa shape index (κ1) is 14.6. The van der Waals surface area contributed by atoms with Crippen LogP contribution in [0.3, 0.4) is 0 Å². The molecule has 1 aromatic heterocycles. The van der Waals surface area contributed by atoms with E-state index in [2.05, 4.69) is 25.7 Å². The van der Waals surface area contributed by atoms with Crippen molar-refractivity contribution in [2.75, 3.05) is 29.7 Å². The second-order valence-corrected chi connectivity index (χ2v) is 4.91.